The van der Waals surface area contributed by atoms with Crippen LogP contribution < -0.4 is 0 Å². The lowest BCUT2D eigenvalue weighted by Crippen LogP contribution is -2.03. The summed E-state index contributed by atoms with van der Waals surface area (Å²) in [6, 6.07) is 7.73. The van der Waals surface area contributed by atoms with Gasteiger partial charge in [0.2, 0.25) is 0 Å². The first-order chi connectivity index (χ1) is 8.41. The Morgan fingerprint density at radius 2 is 1.83 bits per heavy atom. The lowest BCUT2D eigenvalue weighted by molar-refractivity contribution is 0.101. The van der Waals surface area contributed by atoms with E-state index in [0.717, 1.165) is 28.2 Å². The second-order valence-corrected chi connectivity index (χ2v) is 5.04. The Balaban J connectivity index is 2.71. The highest BCUT2D eigenvalue weighted by molar-refractivity contribution is 6.30. The van der Waals surface area contributed by atoms with E-state index in [9.17, 15) is 4.79 Å². The molecule has 0 saturated carbocycles. The topological polar surface area (TPSA) is 22.0 Å². The fourth-order valence-corrected chi connectivity index (χ4v) is 2.48. The third-order valence-electron chi connectivity index (χ3n) is 3.22. The largest absolute Gasteiger partial charge is 0.317 e. The smallest absolute Gasteiger partial charge is 0.161 e. The molecule has 2 rings (SSSR count). The second-order valence-electron chi connectivity index (χ2n) is 4.61. The zero-order valence-electron chi connectivity index (χ0n) is 11.0. The second kappa shape index (κ2) is 4.62. The van der Waals surface area contributed by atoms with Crippen molar-refractivity contribution in [1.82, 2.24) is 4.57 Å². The van der Waals surface area contributed by atoms with Crippen LogP contribution in [0, 0.1) is 20.8 Å². The van der Waals surface area contributed by atoms with Gasteiger partial charge in [-0.15, -0.1) is 0 Å². The van der Waals surface area contributed by atoms with Gasteiger partial charge in [0.15, 0.2) is 5.78 Å². The summed E-state index contributed by atoms with van der Waals surface area (Å²) in [5.74, 6) is 0.0917. The first-order valence-corrected chi connectivity index (χ1v) is 6.26. The number of benzene rings is 1. The average Bonchev–Trinajstić information content (AvgIpc) is 2.58. The number of aromatic nitrogens is 1. The van der Waals surface area contributed by atoms with Crippen LogP contribution in [0.2, 0.25) is 5.02 Å². The number of nitrogens with zero attached hydrogens (tertiary/aromatic N) is 1. The molecule has 3 heteroatoms. The molecule has 2 nitrogen and oxygen atoms in total. The van der Waals surface area contributed by atoms with Crippen LogP contribution in [0.4, 0.5) is 0 Å². The average molecular weight is 262 g/mol. The van der Waals surface area contributed by atoms with E-state index in [4.69, 9.17) is 11.6 Å². The van der Waals surface area contributed by atoms with Gasteiger partial charge in [-0.1, -0.05) is 17.7 Å². The fraction of sp³-hybridized carbons (Fsp3) is 0.267. The molecule has 1 aromatic heterocycles. The number of hydrogen-bond acceptors (Lipinski definition) is 1. The van der Waals surface area contributed by atoms with Crippen molar-refractivity contribution < 1.29 is 4.79 Å². The van der Waals surface area contributed by atoms with Crippen LogP contribution in [0.15, 0.2) is 24.3 Å². The predicted octanol–water partition coefficient (Wildman–Crippen LogP) is 4.26. The van der Waals surface area contributed by atoms with Gasteiger partial charge >= 0.3 is 0 Å². The minimum absolute atomic E-state index is 0.0917. The molecule has 0 spiro atoms. The normalized spacial score (nSPS) is 10.7. The van der Waals surface area contributed by atoms with E-state index >= 15 is 0 Å². The van der Waals surface area contributed by atoms with Crippen molar-refractivity contribution in [2.45, 2.75) is 27.7 Å². The van der Waals surface area contributed by atoms with Crippen LogP contribution in [0.1, 0.15) is 34.2 Å². The molecule has 0 bridgehead atoms. The van der Waals surface area contributed by atoms with Crippen LogP contribution in [-0.2, 0) is 0 Å². The third-order valence-corrected chi connectivity index (χ3v) is 3.46. The van der Waals surface area contributed by atoms with E-state index < -0.39 is 0 Å². The molecule has 0 amide bonds. The maximum absolute atomic E-state index is 11.6. The molecule has 0 fully saturated rings. The highest BCUT2D eigenvalue weighted by atomic mass is 35.5. The van der Waals surface area contributed by atoms with E-state index in [-0.39, 0.29) is 5.78 Å². The van der Waals surface area contributed by atoms with Crippen LogP contribution in [0.5, 0.6) is 0 Å². The molecule has 0 saturated heterocycles. The summed E-state index contributed by atoms with van der Waals surface area (Å²) >= 11 is 6.06. The van der Waals surface area contributed by atoms with E-state index in [1.54, 1.807) is 6.92 Å². The van der Waals surface area contributed by atoms with Crippen molar-refractivity contribution in [1.29, 1.82) is 0 Å². The van der Waals surface area contributed by atoms with Gasteiger partial charge in [0, 0.05) is 27.7 Å². The molecule has 1 aromatic carbocycles. The van der Waals surface area contributed by atoms with Crippen LogP contribution in [0.3, 0.4) is 0 Å². The van der Waals surface area contributed by atoms with Crippen molar-refractivity contribution in [3.63, 3.8) is 0 Å². The molecule has 0 aliphatic heterocycles. The van der Waals surface area contributed by atoms with Gasteiger partial charge < -0.3 is 4.57 Å². The Hall–Kier alpha value is -1.54. The highest BCUT2D eigenvalue weighted by Crippen LogP contribution is 2.25. The molecule has 2 aromatic rings. The highest BCUT2D eigenvalue weighted by Gasteiger charge is 2.14. The Labute approximate surface area is 112 Å². The van der Waals surface area contributed by atoms with Crippen LogP contribution in [0.25, 0.3) is 5.69 Å². The van der Waals surface area contributed by atoms with E-state index in [0.29, 0.717) is 5.02 Å². The van der Waals surface area contributed by atoms with Gasteiger partial charge in [-0.2, -0.15) is 0 Å². The van der Waals surface area contributed by atoms with Gasteiger partial charge in [-0.25, -0.2) is 0 Å². The summed E-state index contributed by atoms with van der Waals surface area (Å²) in [4.78, 5) is 11.6. The summed E-state index contributed by atoms with van der Waals surface area (Å²) in [5, 5.41) is 0.701. The molecule has 0 aliphatic rings. The van der Waals surface area contributed by atoms with Gasteiger partial charge in [0.25, 0.3) is 0 Å². The third kappa shape index (κ3) is 2.08. The van der Waals surface area contributed by atoms with Crippen molar-refractivity contribution in [2.24, 2.45) is 0 Å². The molecule has 0 radical (unpaired) electrons. The van der Waals surface area contributed by atoms with Crippen molar-refractivity contribution in [3.8, 4) is 5.69 Å². The molecule has 94 valence electrons. The van der Waals surface area contributed by atoms with Gasteiger partial charge in [0.1, 0.15) is 0 Å². The maximum Gasteiger partial charge on any atom is 0.161 e. The Morgan fingerprint density at radius 3 is 2.39 bits per heavy atom. The molecular weight excluding hydrogens is 246 g/mol. The monoisotopic (exact) mass is 261 g/mol. The first kappa shape index (κ1) is 12.9. The summed E-state index contributed by atoms with van der Waals surface area (Å²) < 4.78 is 2.08. The minimum Gasteiger partial charge on any atom is -0.317 e. The maximum atomic E-state index is 11.6. The number of carbonyl (C=O) groups is 1. The summed E-state index contributed by atoms with van der Waals surface area (Å²) in [6.45, 7) is 7.60. The Bertz CT molecular complexity index is 626. The summed E-state index contributed by atoms with van der Waals surface area (Å²) in [5.41, 5.74) is 4.95. The van der Waals surface area contributed by atoms with Gasteiger partial charge in [0.05, 0.1) is 0 Å². The number of carbonyl (C=O) groups excluding carboxylic acids is 1. The van der Waals surface area contributed by atoms with E-state index in [1.165, 1.54) is 0 Å². The number of Topliss-reactive ketones (excluding diaryl/α,β-unsaturated/α-hetero) is 1. The predicted molar refractivity (Wildman–Crippen MR) is 75.0 cm³/mol. The number of aryl methyl sites for hydroxylation is 2. The van der Waals surface area contributed by atoms with E-state index in [2.05, 4.69) is 4.57 Å². The molecule has 18 heavy (non-hydrogen) atoms. The first-order valence-electron chi connectivity index (χ1n) is 5.88. The van der Waals surface area contributed by atoms with Gasteiger partial charge in [-0.05, 0) is 51.5 Å². The fourth-order valence-electron chi connectivity index (χ4n) is 2.31. The Kier molecular flexibility index (Phi) is 3.31. The number of ketones is 1. The molecular formula is C15H16ClNO. The quantitative estimate of drug-likeness (QED) is 0.741. The SMILES string of the molecule is CC(=O)c1cc(C)n(-c2cc(Cl)ccc2C)c1C. The standard InChI is InChI=1S/C15H16ClNO/c1-9-5-6-13(16)8-15(9)17-10(2)7-14(11(17)3)12(4)18/h5-8H,1-4H3. The van der Waals surface area contributed by atoms with E-state index in [1.807, 2.05) is 45.0 Å². The molecule has 0 unspecified atom stereocenters. The molecule has 0 aliphatic carbocycles. The van der Waals surface area contributed by atoms with Gasteiger partial charge in [-0.3, -0.25) is 4.79 Å². The summed E-state index contributed by atoms with van der Waals surface area (Å²) in [6.07, 6.45) is 0. The molecule has 1 heterocycles. The lowest BCUT2D eigenvalue weighted by Gasteiger charge is -2.13. The zero-order chi connectivity index (χ0) is 13.4. The van der Waals surface area contributed by atoms with Crippen LogP contribution in [-0.4, -0.2) is 10.4 Å². The number of halogens is 1. The summed E-state index contributed by atoms with van der Waals surface area (Å²) in [7, 11) is 0. The van der Waals surface area contributed by atoms with Crippen molar-refractivity contribution in [2.75, 3.05) is 0 Å². The van der Waals surface area contributed by atoms with Crippen LogP contribution >= 0.6 is 11.6 Å². The lowest BCUT2D eigenvalue weighted by atomic mass is 10.1. The minimum atomic E-state index is 0.0917. The number of hydrogen-bond donors (Lipinski definition) is 0. The molecule has 0 N–H and O–H groups in total. The van der Waals surface area contributed by atoms with Crippen molar-refractivity contribution >= 4 is 17.4 Å². The Morgan fingerprint density at radius 1 is 1.17 bits per heavy atom. The zero-order valence-corrected chi connectivity index (χ0v) is 11.8. The number of rotatable bonds is 2. The van der Waals surface area contributed by atoms with Crippen molar-refractivity contribution in [3.05, 3.63) is 51.8 Å². The molecule has 0 atom stereocenters.